The van der Waals surface area contributed by atoms with Gasteiger partial charge < -0.3 is 10.4 Å². The van der Waals surface area contributed by atoms with Gasteiger partial charge in [0, 0.05) is 11.1 Å². The zero-order chi connectivity index (χ0) is 13.1. The second-order valence-electron chi connectivity index (χ2n) is 4.08. The number of benzene rings is 1. The van der Waals surface area contributed by atoms with Crippen LogP contribution in [0.5, 0.6) is 5.75 Å². The maximum atomic E-state index is 12.0. The number of hydrogen-bond acceptors (Lipinski definition) is 3. The molecule has 0 radical (unpaired) electrons. The highest BCUT2D eigenvalue weighted by molar-refractivity contribution is 6.04. The summed E-state index contributed by atoms with van der Waals surface area (Å²) in [6.07, 6.45) is 2.48. The summed E-state index contributed by atoms with van der Waals surface area (Å²) >= 11 is 0. The standard InChI is InChI=1S/C13H15N3O2/c1-3-9-7-14-16-12(9)15-13(18)10-4-5-11(17)8(2)6-10/h4-7,17H,3H2,1-2H3,(H2,14,15,16,18). The zero-order valence-electron chi connectivity index (χ0n) is 10.3. The lowest BCUT2D eigenvalue weighted by molar-refractivity contribution is 0.102. The smallest absolute Gasteiger partial charge is 0.256 e. The van der Waals surface area contributed by atoms with Crippen LogP contribution in [0.4, 0.5) is 5.82 Å². The van der Waals surface area contributed by atoms with Gasteiger partial charge in [0.15, 0.2) is 0 Å². The molecule has 0 saturated carbocycles. The lowest BCUT2D eigenvalue weighted by Crippen LogP contribution is -2.13. The summed E-state index contributed by atoms with van der Waals surface area (Å²) < 4.78 is 0. The second kappa shape index (κ2) is 4.91. The molecular weight excluding hydrogens is 230 g/mol. The predicted molar refractivity (Wildman–Crippen MR) is 68.8 cm³/mol. The monoisotopic (exact) mass is 245 g/mol. The summed E-state index contributed by atoms with van der Waals surface area (Å²) in [6, 6.07) is 4.74. The van der Waals surface area contributed by atoms with Crippen molar-refractivity contribution in [2.24, 2.45) is 0 Å². The Morgan fingerprint density at radius 3 is 2.94 bits per heavy atom. The highest BCUT2D eigenvalue weighted by Gasteiger charge is 2.10. The van der Waals surface area contributed by atoms with Crippen molar-refractivity contribution in [2.75, 3.05) is 5.32 Å². The van der Waals surface area contributed by atoms with Crippen molar-refractivity contribution >= 4 is 11.7 Å². The van der Waals surface area contributed by atoms with E-state index in [1.807, 2.05) is 6.92 Å². The Labute approximate surface area is 105 Å². The van der Waals surface area contributed by atoms with Gasteiger partial charge in [-0.1, -0.05) is 6.92 Å². The first kappa shape index (κ1) is 12.2. The number of H-pyrrole nitrogens is 1. The van der Waals surface area contributed by atoms with Crippen LogP contribution in [-0.2, 0) is 6.42 Å². The summed E-state index contributed by atoms with van der Waals surface area (Å²) in [7, 11) is 0. The minimum absolute atomic E-state index is 0.183. The number of nitrogens with zero attached hydrogens (tertiary/aromatic N) is 1. The number of aromatic amines is 1. The van der Waals surface area contributed by atoms with Gasteiger partial charge >= 0.3 is 0 Å². The molecule has 0 spiro atoms. The minimum Gasteiger partial charge on any atom is -0.508 e. The number of amides is 1. The summed E-state index contributed by atoms with van der Waals surface area (Å²) in [4.78, 5) is 12.0. The molecule has 0 atom stereocenters. The molecule has 1 aromatic carbocycles. The number of carbonyl (C=O) groups is 1. The van der Waals surface area contributed by atoms with Gasteiger partial charge in [-0.3, -0.25) is 9.89 Å². The molecule has 2 aromatic rings. The van der Waals surface area contributed by atoms with Crippen molar-refractivity contribution in [3.8, 4) is 5.75 Å². The highest BCUT2D eigenvalue weighted by atomic mass is 16.3. The van der Waals surface area contributed by atoms with Crippen LogP contribution in [0.2, 0.25) is 0 Å². The van der Waals surface area contributed by atoms with Crippen molar-refractivity contribution in [1.29, 1.82) is 0 Å². The Bertz CT molecular complexity index is 575. The molecule has 0 saturated heterocycles. The number of rotatable bonds is 3. The van der Waals surface area contributed by atoms with Gasteiger partial charge in [-0.05, 0) is 37.1 Å². The van der Waals surface area contributed by atoms with Crippen molar-refractivity contribution < 1.29 is 9.90 Å². The van der Waals surface area contributed by atoms with E-state index < -0.39 is 0 Å². The molecule has 0 bridgehead atoms. The van der Waals surface area contributed by atoms with E-state index in [4.69, 9.17) is 0 Å². The molecule has 0 fully saturated rings. The average molecular weight is 245 g/mol. The Hall–Kier alpha value is -2.30. The summed E-state index contributed by atoms with van der Waals surface area (Å²) in [5, 5.41) is 18.8. The van der Waals surface area contributed by atoms with Crippen LogP contribution in [0.1, 0.15) is 28.4 Å². The number of aryl methyl sites for hydroxylation is 2. The van der Waals surface area contributed by atoms with E-state index in [1.165, 1.54) is 6.07 Å². The van der Waals surface area contributed by atoms with Gasteiger partial charge in [-0.2, -0.15) is 5.10 Å². The predicted octanol–water partition coefficient (Wildman–Crippen LogP) is 2.24. The first-order valence-corrected chi connectivity index (χ1v) is 5.75. The molecule has 3 N–H and O–H groups in total. The topological polar surface area (TPSA) is 78.0 Å². The fourth-order valence-electron chi connectivity index (χ4n) is 1.67. The fraction of sp³-hybridized carbons (Fsp3) is 0.231. The van der Waals surface area contributed by atoms with E-state index in [-0.39, 0.29) is 11.7 Å². The first-order valence-electron chi connectivity index (χ1n) is 5.75. The zero-order valence-corrected chi connectivity index (χ0v) is 10.3. The second-order valence-corrected chi connectivity index (χ2v) is 4.08. The lowest BCUT2D eigenvalue weighted by Gasteiger charge is -2.06. The van der Waals surface area contributed by atoms with Gasteiger partial charge in [0.1, 0.15) is 11.6 Å². The maximum Gasteiger partial charge on any atom is 0.256 e. The van der Waals surface area contributed by atoms with E-state index >= 15 is 0 Å². The van der Waals surface area contributed by atoms with Crippen molar-refractivity contribution in [1.82, 2.24) is 10.2 Å². The van der Waals surface area contributed by atoms with E-state index in [0.717, 1.165) is 12.0 Å². The maximum absolute atomic E-state index is 12.0. The summed E-state index contributed by atoms with van der Waals surface area (Å²) in [5.74, 6) is 0.576. The van der Waals surface area contributed by atoms with Crippen LogP contribution in [0.25, 0.3) is 0 Å². The largest absolute Gasteiger partial charge is 0.508 e. The van der Waals surface area contributed by atoms with Crippen LogP contribution in [-0.4, -0.2) is 21.2 Å². The van der Waals surface area contributed by atoms with Crippen molar-refractivity contribution in [3.05, 3.63) is 41.1 Å². The Balaban J connectivity index is 2.19. The molecule has 0 aliphatic carbocycles. The highest BCUT2D eigenvalue weighted by Crippen LogP contribution is 2.18. The molecule has 0 aliphatic rings. The number of hydrogen-bond donors (Lipinski definition) is 3. The quantitative estimate of drug-likeness (QED) is 0.776. The number of aromatic hydroxyl groups is 1. The Morgan fingerprint density at radius 2 is 2.28 bits per heavy atom. The molecule has 5 nitrogen and oxygen atoms in total. The molecule has 18 heavy (non-hydrogen) atoms. The average Bonchev–Trinajstić information content (AvgIpc) is 2.79. The molecule has 1 heterocycles. The molecule has 1 amide bonds. The number of aromatic nitrogens is 2. The van der Waals surface area contributed by atoms with Crippen LogP contribution in [0, 0.1) is 6.92 Å². The fourth-order valence-corrected chi connectivity index (χ4v) is 1.67. The Kier molecular flexibility index (Phi) is 3.32. The van der Waals surface area contributed by atoms with E-state index in [1.54, 1.807) is 25.3 Å². The third-order valence-electron chi connectivity index (χ3n) is 2.80. The van der Waals surface area contributed by atoms with Gasteiger partial charge in [0.05, 0.1) is 6.20 Å². The van der Waals surface area contributed by atoms with Crippen molar-refractivity contribution in [2.45, 2.75) is 20.3 Å². The van der Waals surface area contributed by atoms with Gasteiger partial charge in [-0.25, -0.2) is 0 Å². The van der Waals surface area contributed by atoms with Crippen LogP contribution >= 0.6 is 0 Å². The third-order valence-corrected chi connectivity index (χ3v) is 2.80. The van der Waals surface area contributed by atoms with E-state index in [9.17, 15) is 9.90 Å². The Morgan fingerprint density at radius 1 is 1.50 bits per heavy atom. The molecule has 5 heteroatoms. The third kappa shape index (κ3) is 2.34. The van der Waals surface area contributed by atoms with Crippen molar-refractivity contribution in [3.63, 3.8) is 0 Å². The van der Waals surface area contributed by atoms with Gasteiger partial charge in [0.2, 0.25) is 0 Å². The summed E-state index contributed by atoms with van der Waals surface area (Å²) in [6.45, 7) is 3.74. The molecule has 2 rings (SSSR count). The van der Waals surface area contributed by atoms with Crippen LogP contribution in [0.15, 0.2) is 24.4 Å². The van der Waals surface area contributed by atoms with Crippen LogP contribution < -0.4 is 5.32 Å². The first-order chi connectivity index (χ1) is 8.61. The summed E-state index contributed by atoms with van der Waals surface area (Å²) in [5.41, 5.74) is 2.13. The number of nitrogens with one attached hydrogen (secondary N) is 2. The number of carbonyl (C=O) groups excluding carboxylic acids is 1. The molecular formula is C13H15N3O2. The van der Waals surface area contributed by atoms with Gasteiger partial charge in [-0.15, -0.1) is 0 Å². The number of anilines is 1. The SMILES string of the molecule is CCc1cn[nH]c1NC(=O)c1ccc(O)c(C)c1. The molecule has 1 aromatic heterocycles. The van der Waals surface area contributed by atoms with E-state index in [2.05, 4.69) is 15.5 Å². The van der Waals surface area contributed by atoms with Gasteiger partial charge in [0.25, 0.3) is 5.91 Å². The molecule has 0 aliphatic heterocycles. The normalized spacial score (nSPS) is 10.3. The number of phenols is 1. The van der Waals surface area contributed by atoms with E-state index in [0.29, 0.717) is 16.9 Å². The minimum atomic E-state index is -0.225. The lowest BCUT2D eigenvalue weighted by atomic mass is 10.1. The molecule has 94 valence electrons. The van der Waals surface area contributed by atoms with Crippen LogP contribution in [0.3, 0.4) is 0 Å². The number of phenolic OH excluding ortho intramolecular Hbond substituents is 1. The molecule has 0 unspecified atom stereocenters.